The van der Waals surface area contributed by atoms with E-state index in [4.69, 9.17) is 0 Å². The van der Waals surface area contributed by atoms with Crippen molar-refractivity contribution in [2.45, 2.75) is 13.8 Å². The first kappa shape index (κ1) is 27.7. The third-order valence-corrected chi connectivity index (χ3v) is 8.85. The second kappa shape index (κ2) is 11.6. The Morgan fingerprint density at radius 2 is 0.761 bits per heavy atom. The van der Waals surface area contributed by atoms with Crippen molar-refractivity contribution in [2.24, 2.45) is 0 Å². The van der Waals surface area contributed by atoms with E-state index >= 15 is 0 Å². The minimum atomic E-state index is 1.12. The highest BCUT2D eigenvalue weighted by molar-refractivity contribution is 6.22. The molecule has 0 amide bonds. The Kier molecular flexibility index (Phi) is 6.96. The first-order valence-corrected chi connectivity index (χ1v) is 15.7. The van der Waals surface area contributed by atoms with E-state index in [9.17, 15) is 0 Å². The lowest BCUT2D eigenvalue weighted by atomic mass is 9.84. The van der Waals surface area contributed by atoms with Crippen molar-refractivity contribution in [1.82, 2.24) is 9.97 Å². The number of pyridine rings is 2. The molecule has 8 rings (SSSR count). The highest BCUT2D eigenvalue weighted by Crippen LogP contribution is 2.45. The van der Waals surface area contributed by atoms with Gasteiger partial charge in [0.2, 0.25) is 0 Å². The number of aromatic nitrogens is 2. The van der Waals surface area contributed by atoms with Gasteiger partial charge in [-0.2, -0.15) is 0 Å². The molecule has 0 saturated carbocycles. The van der Waals surface area contributed by atoms with Crippen LogP contribution in [-0.4, -0.2) is 9.97 Å². The Hall–Kier alpha value is -5.86. The van der Waals surface area contributed by atoms with E-state index in [0.29, 0.717) is 0 Å². The van der Waals surface area contributed by atoms with Gasteiger partial charge in [0.05, 0.1) is 0 Å². The van der Waals surface area contributed by atoms with Crippen LogP contribution in [0, 0.1) is 13.8 Å². The van der Waals surface area contributed by atoms with Gasteiger partial charge in [-0.15, -0.1) is 0 Å². The third-order valence-electron chi connectivity index (χ3n) is 8.85. The molecule has 218 valence electrons. The molecule has 2 aromatic heterocycles. The van der Waals surface area contributed by atoms with Crippen LogP contribution >= 0.6 is 0 Å². The fourth-order valence-corrected chi connectivity index (χ4v) is 6.74. The van der Waals surface area contributed by atoms with Crippen LogP contribution in [-0.2, 0) is 0 Å². The van der Waals surface area contributed by atoms with Crippen molar-refractivity contribution >= 4 is 21.5 Å². The molecule has 0 fully saturated rings. The fraction of sp³-hybridized carbons (Fsp3) is 0.0455. The molecular weight excluding hydrogens is 556 g/mol. The SMILES string of the molecule is Cc1cncc(-c2cccc(-c3c4ccccc4c(-c4cccc(-c5cncc(C)c5)c4)c4cc(-c5ccccc5)ccc34)c2)c1. The van der Waals surface area contributed by atoms with Crippen molar-refractivity contribution in [3.63, 3.8) is 0 Å². The van der Waals surface area contributed by atoms with Gasteiger partial charge < -0.3 is 0 Å². The summed E-state index contributed by atoms with van der Waals surface area (Å²) in [6.07, 6.45) is 7.72. The number of hydrogen-bond acceptors (Lipinski definition) is 2. The Labute approximate surface area is 269 Å². The van der Waals surface area contributed by atoms with Gasteiger partial charge in [-0.25, -0.2) is 0 Å². The first-order chi connectivity index (χ1) is 22.6. The summed E-state index contributed by atoms with van der Waals surface area (Å²) in [7, 11) is 0. The van der Waals surface area contributed by atoms with E-state index < -0.39 is 0 Å². The van der Waals surface area contributed by atoms with Crippen LogP contribution in [0.15, 0.2) is 158 Å². The second-order valence-electron chi connectivity index (χ2n) is 12.1. The maximum absolute atomic E-state index is 4.48. The van der Waals surface area contributed by atoms with Crippen LogP contribution in [0.25, 0.3) is 77.2 Å². The zero-order chi connectivity index (χ0) is 31.0. The molecule has 0 N–H and O–H groups in total. The summed E-state index contributed by atoms with van der Waals surface area (Å²) in [6.45, 7) is 4.19. The number of aryl methyl sites for hydroxylation is 2. The summed E-state index contributed by atoms with van der Waals surface area (Å²) in [5, 5.41) is 4.93. The maximum Gasteiger partial charge on any atom is 0.0346 e. The number of hydrogen-bond donors (Lipinski definition) is 0. The zero-order valence-corrected chi connectivity index (χ0v) is 25.9. The lowest BCUT2D eigenvalue weighted by Gasteiger charge is -2.19. The lowest BCUT2D eigenvalue weighted by molar-refractivity contribution is 1.27. The average Bonchev–Trinajstić information content (AvgIpc) is 3.11. The van der Waals surface area contributed by atoms with E-state index in [1.54, 1.807) is 0 Å². The first-order valence-electron chi connectivity index (χ1n) is 15.7. The Morgan fingerprint density at radius 3 is 1.33 bits per heavy atom. The molecule has 6 aromatic carbocycles. The molecule has 2 nitrogen and oxygen atoms in total. The fourth-order valence-electron chi connectivity index (χ4n) is 6.74. The predicted molar refractivity (Wildman–Crippen MR) is 194 cm³/mol. The summed E-state index contributed by atoms with van der Waals surface area (Å²) >= 11 is 0. The van der Waals surface area contributed by atoms with Gasteiger partial charge >= 0.3 is 0 Å². The van der Waals surface area contributed by atoms with Gasteiger partial charge in [0.25, 0.3) is 0 Å². The molecule has 0 aliphatic heterocycles. The van der Waals surface area contributed by atoms with E-state index in [0.717, 1.165) is 33.4 Å². The number of rotatable bonds is 5. The van der Waals surface area contributed by atoms with Gasteiger partial charge in [0, 0.05) is 35.9 Å². The molecule has 0 unspecified atom stereocenters. The van der Waals surface area contributed by atoms with Crippen LogP contribution in [0.1, 0.15) is 11.1 Å². The topological polar surface area (TPSA) is 25.8 Å². The van der Waals surface area contributed by atoms with E-state index in [-0.39, 0.29) is 0 Å². The maximum atomic E-state index is 4.48. The number of nitrogens with zero attached hydrogens (tertiary/aromatic N) is 2. The lowest BCUT2D eigenvalue weighted by Crippen LogP contribution is -1.93. The zero-order valence-electron chi connectivity index (χ0n) is 25.9. The molecule has 0 aliphatic carbocycles. The number of benzene rings is 6. The molecule has 0 aliphatic rings. The van der Waals surface area contributed by atoms with Crippen molar-refractivity contribution < 1.29 is 0 Å². The van der Waals surface area contributed by atoms with Gasteiger partial charge in [-0.3, -0.25) is 9.97 Å². The Morgan fingerprint density at radius 1 is 0.304 bits per heavy atom. The largest absolute Gasteiger partial charge is 0.264 e. The molecule has 0 atom stereocenters. The summed E-state index contributed by atoms with van der Waals surface area (Å²) in [4.78, 5) is 8.96. The third kappa shape index (κ3) is 5.04. The summed E-state index contributed by atoms with van der Waals surface area (Å²) in [5.74, 6) is 0. The molecule has 0 bridgehead atoms. The predicted octanol–water partition coefficient (Wildman–Crippen LogP) is 11.7. The van der Waals surface area contributed by atoms with Crippen LogP contribution < -0.4 is 0 Å². The molecule has 0 saturated heterocycles. The molecule has 46 heavy (non-hydrogen) atoms. The molecule has 2 heterocycles. The van der Waals surface area contributed by atoms with E-state index in [1.165, 1.54) is 54.9 Å². The van der Waals surface area contributed by atoms with Crippen molar-refractivity contribution in [1.29, 1.82) is 0 Å². The standard InChI is InChI=1S/C44H32N2/c1-29-20-37(27-45-25-29)32-12-8-14-35(22-32)43-39-16-6-7-17-40(39)44(36-15-9-13-33(23-36)38-21-30(2)26-46-28-38)42-24-34(18-19-41(42)43)31-10-4-3-5-11-31/h3-28H,1-2H3. The van der Waals surface area contributed by atoms with Crippen molar-refractivity contribution in [3.05, 3.63) is 169 Å². The van der Waals surface area contributed by atoms with E-state index in [2.05, 4.69) is 157 Å². The molecule has 0 spiro atoms. The molecule has 8 aromatic rings. The van der Waals surface area contributed by atoms with Gasteiger partial charge in [0.15, 0.2) is 0 Å². The van der Waals surface area contributed by atoms with Crippen LogP contribution in [0.5, 0.6) is 0 Å². The van der Waals surface area contributed by atoms with E-state index in [1.807, 2.05) is 24.8 Å². The van der Waals surface area contributed by atoms with Gasteiger partial charge in [-0.1, -0.05) is 103 Å². The summed E-state index contributed by atoms with van der Waals surface area (Å²) < 4.78 is 0. The van der Waals surface area contributed by atoms with Crippen molar-refractivity contribution in [2.75, 3.05) is 0 Å². The van der Waals surface area contributed by atoms with Crippen molar-refractivity contribution in [3.8, 4) is 55.6 Å². The highest BCUT2D eigenvalue weighted by atomic mass is 14.6. The second-order valence-corrected chi connectivity index (χ2v) is 12.1. The summed E-state index contributed by atoms with van der Waals surface area (Å²) in [5.41, 5.74) is 14.2. The van der Waals surface area contributed by atoms with Crippen LogP contribution in [0.2, 0.25) is 0 Å². The molecular formula is C44H32N2. The minimum absolute atomic E-state index is 1.12. The quantitative estimate of drug-likeness (QED) is 0.187. The highest BCUT2D eigenvalue weighted by Gasteiger charge is 2.18. The molecule has 0 radical (unpaired) electrons. The van der Waals surface area contributed by atoms with Gasteiger partial charge in [0.1, 0.15) is 0 Å². The molecule has 2 heteroatoms. The minimum Gasteiger partial charge on any atom is -0.264 e. The normalized spacial score (nSPS) is 11.3. The van der Waals surface area contributed by atoms with Gasteiger partial charge in [-0.05, 0) is 121 Å². The Bertz CT molecular complexity index is 2390. The van der Waals surface area contributed by atoms with Crippen LogP contribution in [0.3, 0.4) is 0 Å². The number of fused-ring (bicyclic) bond motifs is 2. The monoisotopic (exact) mass is 588 g/mol. The van der Waals surface area contributed by atoms with Crippen LogP contribution in [0.4, 0.5) is 0 Å². The smallest absolute Gasteiger partial charge is 0.0346 e. The average molecular weight is 589 g/mol. The summed E-state index contributed by atoms with van der Waals surface area (Å²) in [6, 6.07) is 48.7. The Balaban J connectivity index is 1.44.